The molecule has 9 nitrogen and oxygen atoms in total. The van der Waals surface area contributed by atoms with Crippen molar-refractivity contribution in [3.05, 3.63) is 84.2 Å². The zero-order valence-electron chi connectivity index (χ0n) is 18.3. The van der Waals surface area contributed by atoms with Crippen molar-refractivity contribution in [2.75, 3.05) is 6.54 Å². The van der Waals surface area contributed by atoms with E-state index >= 15 is 0 Å². The molecule has 0 saturated heterocycles. The molecule has 1 amide bonds. The summed E-state index contributed by atoms with van der Waals surface area (Å²) in [5.74, 6) is 5.68. The fourth-order valence-electron chi connectivity index (χ4n) is 3.19. The summed E-state index contributed by atoms with van der Waals surface area (Å²) < 4.78 is 16.2. The second-order valence-electron chi connectivity index (χ2n) is 7.49. The molecular formula is C23H27N5O4S2. The number of rotatable bonds is 11. The van der Waals surface area contributed by atoms with Crippen LogP contribution in [0, 0.1) is 0 Å². The average molecular weight is 502 g/mol. The van der Waals surface area contributed by atoms with Gasteiger partial charge in [0.05, 0.1) is 12.5 Å². The molecule has 1 unspecified atom stereocenters. The highest BCUT2D eigenvalue weighted by atomic mass is 32.2. The minimum atomic E-state index is -1.46. The lowest BCUT2D eigenvalue weighted by Crippen LogP contribution is -2.42. The lowest BCUT2D eigenvalue weighted by Gasteiger charge is -2.26. The monoisotopic (exact) mass is 501 g/mol. The van der Waals surface area contributed by atoms with Gasteiger partial charge in [0.15, 0.2) is 0 Å². The number of phenols is 1. The van der Waals surface area contributed by atoms with E-state index in [1.54, 1.807) is 17.6 Å². The van der Waals surface area contributed by atoms with E-state index < -0.39 is 22.9 Å². The molecule has 1 aromatic heterocycles. The maximum absolute atomic E-state index is 12.6. The molecule has 0 fully saturated rings. The predicted octanol–water partition coefficient (Wildman–Crippen LogP) is 2.22. The van der Waals surface area contributed by atoms with Crippen molar-refractivity contribution in [3.63, 3.8) is 0 Å². The van der Waals surface area contributed by atoms with Gasteiger partial charge in [-0.1, -0.05) is 42.5 Å². The number of hydrogen-bond acceptors (Lipinski definition) is 8. The van der Waals surface area contributed by atoms with E-state index in [1.807, 2.05) is 42.5 Å². The quantitative estimate of drug-likeness (QED) is 0.134. The number of carbonyl (C=O) groups excluding carboxylic acids is 1. The molecule has 0 bridgehead atoms. The molecule has 3 rings (SSSR count). The van der Waals surface area contributed by atoms with Crippen molar-refractivity contribution in [2.45, 2.75) is 23.1 Å². The Bertz CT molecular complexity index is 1140. The molecule has 2 aromatic carbocycles. The number of aromatic hydroxyl groups is 1. The van der Waals surface area contributed by atoms with E-state index in [-0.39, 0.29) is 18.7 Å². The molecule has 180 valence electrons. The van der Waals surface area contributed by atoms with Crippen molar-refractivity contribution in [1.82, 2.24) is 15.2 Å². The molecular weight excluding hydrogens is 474 g/mol. The number of hydroxylamine groups is 1. The number of nitrogens with two attached hydrogens (primary N) is 2. The maximum Gasteiger partial charge on any atom is 0.245 e. The Labute approximate surface area is 204 Å². The zero-order chi connectivity index (χ0) is 24.5. The van der Waals surface area contributed by atoms with Crippen molar-refractivity contribution >= 4 is 28.2 Å². The van der Waals surface area contributed by atoms with Crippen LogP contribution in [0.1, 0.15) is 12.0 Å². The molecule has 0 aliphatic heterocycles. The molecule has 3 aromatic rings. The summed E-state index contributed by atoms with van der Waals surface area (Å²) in [5, 5.41) is 19.7. The highest BCUT2D eigenvalue weighted by molar-refractivity contribution is 7.85. The van der Waals surface area contributed by atoms with Crippen LogP contribution in [0.15, 0.2) is 82.8 Å². The van der Waals surface area contributed by atoms with Crippen LogP contribution in [-0.2, 0) is 22.2 Å². The molecule has 0 aliphatic carbocycles. The fraction of sp³-hybridized carbons (Fsp3) is 0.174. The highest BCUT2D eigenvalue weighted by Crippen LogP contribution is 2.29. The smallest absolute Gasteiger partial charge is 0.245 e. The first-order valence-corrected chi connectivity index (χ1v) is 12.3. The van der Waals surface area contributed by atoms with Crippen molar-refractivity contribution in [2.24, 2.45) is 11.6 Å². The summed E-state index contributed by atoms with van der Waals surface area (Å²) in [6, 6.07) is 19.6. The minimum Gasteiger partial charge on any atom is -0.508 e. The first-order chi connectivity index (χ1) is 16.4. The molecule has 0 radical (unpaired) electrons. The molecule has 0 aliphatic rings. The van der Waals surface area contributed by atoms with Crippen molar-refractivity contribution < 1.29 is 19.3 Å². The third-order valence-corrected chi connectivity index (χ3v) is 7.46. The second kappa shape index (κ2) is 12.3. The van der Waals surface area contributed by atoms with Gasteiger partial charge >= 0.3 is 0 Å². The maximum atomic E-state index is 12.6. The summed E-state index contributed by atoms with van der Waals surface area (Å²) in [7, 11) is -1.46. The molecule has 0 saturated carbocycles. The predicted molar refractivity (Wildman–Crippen MR) is 133 cm³/mol. The lowest BCUT2D eigenvalue weighted by molar-refractivity contribution is -0.130. The SMILES string of the molecule is N/C(=C\N(N)[C@H](CC(=O)NO)Cc1ccc(O)cc1)CNS(=O)c1ccc(-c2ccccc2)s1. The Morgan fingerprint density at radius 2 is 1.82 bits per heavy atom. The number of nitrogens with one attached hydrogen (secondary N) is 2. The van der Waals surface area contributed by atoms with Gasteiger partial charge in [0.2, 0.25) is 5.91 Å². The van der Waals surface area contributed by atoms with Gasteiger partial charge in [-0.15, -0.1) is 11.3 Å². The first kappa shape index (κ1) is 25.4. The van der Waals surface area contributed by atoms with Gasteiger partial charge in [-0.3, -0.25) is 10.0 Å². The number of hydrazine groups is 1. The second-order valence-corrected chi connectivity index (χ2v) is 10.1. The van der Waals surface area contributed by atoms with Crippen LogP contribution >= 0.6 is 11.3 Å². The highest BCUT2D eigenvalue weighted by Gasteiger charge is 2.19. The van der Waals surface area contributed by atoms with E-state index in [0.717, 1.165) is 16.0 Å². The minimum absolute atomic E-state index is 0.0888. The summed E-state index contributed by atoms with van der Waals surface area (Å²) >= 11 is 1.43. The van der Waals surface area contributed by atoms with Crippen molar-refractivity contribution in [3.8, 4) is 16.2 Å². The number of thiophene rings is 1. The summed E-state index contributed by atoms with van der Waals surface area (Å²) in [6.07, 6.45) is 1.74. The Hall–Kier alpha value is -3.22. The fourth-order valence-corrected chi connectivity index (χ4v) is 5.31. The normalized spacial score (nSPS) is 13.3. The molecule has 2 atom stereocenters. The van der Waals surface area contributed by atoms with E-state index in [4.69, 9.17) is 16.8 Å². The van der Waals surface area contributed by atoms with E-state index in [9.17, 15) is 14.1 Å². The molecule has 0 spiro atoms. The van der Waals surface area contributed by atoms with E-state index in [0.29, 0.717) is 16.3 Å². The number of carbonyl (C=O) groups is 1. The number of hydrogen-bond donors (Lipinski definition) is 6. The molecule has 1 heterocycles. The Kier molecular flexibility index (Phi) is 9.19. The van der Waals surface area contributed by atoms with Crippen LogP contribution in [0.3, 0.4) is 0 Å². The zero-order valence-corrected chi connectivity index (χ0v) is 19.9. The molecule has 11 heteroatoms. The summed E-state index contributed by atoms with van der Waals surface area (Å²) in [5.41, 5.74) is 9.89. The van der Waals surface area contributed by atoms with Gasteiger partial charge in [-0.25, -0.2) is 20.3 Å². The van der Waals surface area contributed by atoms with Crippen LogP contribution in [0.25, 0.3) is 10.4 Å². The number of phenolic OH excluding ortho intramolecular Hbond substituents is 1. The summed E-state index contributed by atoms with van der Waals surface area (Å²) in [4.78, 5) is 12.8. The van der Waals surface area contributed by atoms with Crippen LogP contribution in [-0.4, -0.2) is 38.0 Å². The van der Waals surface area contributed by atoms with E-state index in [1.165, 1.54) is 34.7 Å². The van der Waals surface area contributed by atoms with Crippen LogP contribution < -0.4 is 21.8 Å². The van der Waals surface area contributed by atoms with E-state index in [2.05, 4.69) is 4.72 Å². The first-order valence-electron chi connectivity index (χ1n) is 10.4. The summed E-state index contributed by atoms with van der Waals surface area (Å²) in [6.45, 7) is 0.108. The standard InChI is InChI=1S/C23H27N5O4S2/c24-18(14-26-34(32)23-11-10-21(33-23)17-4-2-1-3-5-17)15-28(25)19(13-22(30)27-31)12-16-6-8-20(29)9-7-16/h1-11,15,19,26,29,31H,12-14,24-25H2,(H,27,30)/b18-15-/t19-,34?/m0/s1. The average Bonchev–Trinajstić information content (AvgIpc) is 3.34. The van der Waals surface area contributed by atoms with Gasteiger partial charge in [-0.2, -0.15) is 0 Å². The number of nitrogens with zero attached hydrogens (tertiary/aromatic N) is 1. The molecule has 34 heavy (non-hydrogen) atoms. The number of amides is 1. The molecule has 8 N–H and O–H groups in total. The van der Waals surface area contributed by atoms with Gasteiger partial charge in [-0.05, 0) is 41.8 Å². The van der Waals surface area contributed by atoms with Crippen LogP contribution in [0.4, 0.5) is 0 Å². The lowest BCUT2D eigenvalue weighted by atomic mass is 10.0. The Balaban J connectivity index is 1.61. The van der Waals surface area contributed by atoms with Crippen molar-refractivity contribution in [1.29, 1.82) is 0 Å². The van der Waals surface area contributed by atoms with Crippen LogP contribution in [0.5, 0.6) is 5.75 Å². The third-order valence-electron chi connectivity index (χ3n) is 4.92. The Morgan fingerprint density at radius 1 is 1.12 bits per heavy atom. The number of benzene rings is 2. The van der Waals surface area contributed by atoms with Gasteiger partial charge < -0.3 is 15.8 Å². The van der Waals surface area contributed by atoms with Gasteiger partial charge in [0, 0.05) is 23.3 Å². The van der Waals surface area contributed by atoms with Gasteiger partial charge in [0.25, 0.3) is 0 Å². The third kappa shape index (κ3) is 7.40. The Morgan fingerprint density at radius 3 is 2.50 bits per heavy atom. The topological polar surface area (TPSA) is 154 Å². The van der Waals surface area contributed by atoms with Gasteiger partial charge in [0.1, 0.15) is 20.9 Å². The van der Waals surface area contributed by atoms with Crippen LogP contribution in [0.2, 0.25) is 0 Å². The largest absolute Gasteiger partial charge is 0.508 e.